The predicted octanol–water partition coefficient (Wildman–Crippen LogP) is 4.21. The third-order valence-electron chi connectivity index (χ3n) is 4.67. The number of benzene rings is 2. The van der Waals surface area contributed by atoms with Crippen molar-refractivity contribution in [2.24, 2.45) is 5.92 Å². The molecule has 0 aliphatic rings. The lowest BCUT2D eigenvalue weighted by Gasteiger charge is -2.21. The van der Waals surface area contributed by atoms with Crippen LogP contribution in [0.3, 0.4) is 0 Å². The number of nitrogens with one attached hydrogen (secondary N) is 1. The number of anilines is 1. The van der Waals surface area contributed by atoms with Crippen LogP contribution in [0.4, 0.5) is 11.4 Å². The van der Waals surface area contributed by atoms with Gasteiger partial charge in [0.25, 0.3) is 11.6 Å². The first-order valence-electron chi connectivity index (χ1n) is 9.10. The number of aryl methyl sites for hydroxylation is 1. The molecule has 148 valence electrons. The molecular formula is C21H24N2O5. The number of carbonyl (C=O) groups is 2. The van der Waals surface area contributed by atoms with Gasteiger partial charge in [-0.25, -0.2) is 0 Å². The number of nitrogens with zero attached hydrogens (tertiary/aromatic N) is 1. The SMILES string of the molecule is CC[C@@H](C)[C@@H](C(=O)OCC(=O)Nc1ccc([N+](=O)[O-])cc1C)c1ccccc1. The highest BCUT2D eigenvalue weighted by molar-refractivity contribution is 5.94. The van der Waals surface area contributed by atoms with Crippen LogP contribution in [0.2, 0.25) is 0 Å². The summed E-state index contributed by atoms with van der Waals surface area (Å²) in [5.74, 6) is -1.33. The number of rotatable bonds is 8. The fourth-order valence-corrected chi connectivity index (χ4v) is 2.91. The average molecular weight is 384 g/mol. The van der Waals surface area contributed by atoms with Gasteiger partial charge in [-0.15, -0.1) is 0 Å². The van der Waals surface area contributed by atoms with Crippen LogP contribution in [-0.4, -0.2) is 23.4 Å². The van der Waals surface area contributed by atoms with E-state index in [4.69, 9.17) is 4.74 Å². The van der Waals surface area contributed by atoms with Gasteiger partial charge in [0.15, 0.2) is 6.61 Å². The number of nitro groups is 1. The van der Waals surface area contributed by atoms with Gasteiger partial charge in [0, 0.05) is 17.8 Å². The third kappa shape index (κ3) is 5.39. The third-order valence-corrected chi connectivity index (χ3v) is 4.67. The second-order valence-electron chi connectivity index (χ2n) is 6.69. The van der Waals surface area contributed by atoms with E-state index >= 15 is 0 Å². The van der Waals surface area contributed by atoms with Crippen molar-refractivity contribution in [1.82, 2.24) is 0 Å². The molecule has 2 aromatic carbocycles. The minimum absolute atomic E-state index is 0.0545. The van der Waals surface area contributed by atoms with E-state index in [9.17, 15) is 19.7 Å². The molecule has 7 heteroatoms. The van der Waals surface area contributed by atoms with Crippen LogP contribution in [0.15, 0.2) is 48.5 Å². The van der Waals surface area contributed by atoms with E-state index < -0.39 is 29.3 Å². The molecule has 0 bridgehead atoms. The van der Waals surface area contributed by atoms with Gasteiger partial charge in [0.05, 0.1) is 10.8 Å². The van der Waals surface area contributed by atoms with E-state index in [-0.39, 0.29) is 11.6 Å². The number of carbonyl (C=O) groups excluding carboxylic acids is 2. The van der Waals surface area contributed by atoms with Gasteiger partial charge in [0.2, 0.25) is 0 Å². The van der Waals surface area contributed by atoms with Crippen molar-refractivity contribution in [2.75, 3.05) is 11.9 Å². The molecular weight excluding hydrogens is 360 g/mol. The van der Waals surface area contributed by atoms with Crippen molar-refractivity contribution in [3.63, 3.8) is 0 Å². The van der Waals surface area contributed by atoms with Gasteiger partial charge in [-0.05, 0) is 30.0 Å². The van der Waals surface area contributed by atoms with Gasteiger partial charge in [-0.1, -0.05) is 50.6 Å². The van der Waals surface area contributed by atoms with Crippen molar-refractivity contribution >= 4 is 23.3 Å². The van der Waals surface area contributed by atoms with Crippen LogP contribution < -0.4 is 5.32 Å². The lowest BCUT2D eigenvalue weighted by atomic mass is 9.86. The van der Waals surface area contributed by atoms with Crippen molar-refractivity contribution in [3.8, 4) is 0 Å². The molecule has 0 aliphatic carbocycles. The number of non-ortho nitro benzene ring substituents is 1. The van der Waals surface area contributed by atoms with Crippen LogP contribution in [-0.2, 0) is 14.3 Å². The monoisotopic (exact) mass is 384 g/mol. The first-order chi connectivity index (χ1) is 13.3. The van der Waals surface area contributed by atoms with Crippen LogP contribution in [0, 0.1) is 23.0 Å². The second kappa shape index (κ2) is 9.64. The number of amides is 1. The van der Waals surface area contributed by atoms with Gasteiger partial charge in [0.1, 0.15) is 0 Å². The van der Waals surface area contributed by atoms with E-state index in [0.717, 1.165) is 12.0 Å². The zero-order valence-electron chi connectivity index (χ0n) is 16.2. The molecule has 0 fully saturated rings. The maximum Gasteiger partial charge on any atom is 0.314 e. The summed E-state index contributed by atoms with van der Waals surface area (Å²) in [5, 5.41) is 13.4. The number of nitro benzene ring substituents is 1. The molecule has 0 saturated heterocycles. The molecule has 1 N–H and O–H groups in total. The lowest BCUT2D eigenvalue weighted by molar-refractivity contribution is -0.384. The minimum atomic E-state index is -0.501. The first kappa shape index (κ1) is 21.1. The molecule has 0 saturated carbocycles. The average Bonchev–Trinajstić information content (AvgIpc) is 2.68. The smallest absolute Gasteiger partial charge is 0.314 e. The van der Waals surface area contributed by atoms with E-state index in [1.807, 2.05) is 44.2 Å². The van der Waals surface area contributed by atoms with Gasteiger partial charge < -0.3 is 10.1 Å². The Labute approximate surface area is 163 Å². The Morgan fingerprint density at radius 1 is 1.18 bits per heavy atom. The Morgan fingerprint density at radius 2 is 1.86 bits per heavy atom. The second-order valence-corrected chi connectivity index (χ2v) is 6.69. The summed E-state index contributed by atoms with van der Waals surface area (Å²) in [6.07, 6.45) is 0.794. The number of hydrogen-bond donors (Lipinski definition) is 1. The molecule has 0 unspecified atom stereocenters. The van der Waals surface area contributed by atoms with Crippen molar-refractivity contribution < 1.29 is 19.2 Å². The molecule has 7 nitrogen and oxygen atoms in total. The normalized spacial score (nSPS) is 12.7. The molecule has 2 aromatic rings. The molecule has 0 aromatic heterocycles. The van der Waals surface area contributed by atoms with Crippen molar-refractivity contribution in [3.05, 3.63) is 69.8 Å². The van der Waals surface area contributed by atoms with E-state index in [1.165, 1.54) is 18.2 Å². The highest BCUT2D eigenvalue weighted by Crippen LogP contribution is 2.28. The van der Waals surface area contributed by atoms with Crippen LogP contribution in [0.5, 0.6) is 0 Å². The van der Waals surface area contributed by atoms with E-state index in [1.54, 1.807) is 6.92 Å². The summed E-state index contributed by atoms with van der Waals surface area (Å²) >= 11 is 0. The maximum absolute atomic E-state index is 12.6. The molecule has 0 spiro atoms. The Kier molecular flexibility index (Phi) is 7.26. The van der Waals surface area contributed by atoms with E-state index in [2.05, 4.69) is 5.32 Å². The van der Waals surface area contributed by atoms with Crippen molar-refractivity contribution in [2.45, 2.75) is 33.1 Å². The molecule has 2 atom stereocenters. The lowest BCUT2D eigenvalue weighted by Crippen LogP contribution is -2.27. The maximum atomic E-state index is 12.6. The molecule has 0 aliphatic heterocycles. The fourth-order valence-electron chi connectivity index (χ4n) is 2.91. The van der Waals surface area contributed by atoms with Gasteiger partial charge in [-0.3, -0.25) is 19.7 Å². The van der Waals surface area contributed by atoms with Crippen LogP contribution in [0.25, 0.3) is 0 Å². The zero-order chi connectivity index (χ0) is 20.7. The summed E-state index contributed by atoms with van der Waals surface area (Å²) < 4.78 is 5.26. The van der Waals surface area contributed by atoms with Crippen LogP contribution >= 0.6 is 0 Å². The molecule has 1 amide bonds. The first-order valence-corrected chi connectivity index (χ1v) is 9.10. The molecule has 28 heavy (non-hydrogen) atoms. The highest BCUT2D eigenvalue weighted by Gasteiger charge is 2.27. The highest BCUT2D eigenvalue weighted by atomic mass is 16.6. The Hall–Kier alpha value is -3.22. The topological polar surface area (TPSA) is 98.5 Å². The van der Waals surface area contributed by atoms with E-state index in [0.29, 0.717) is 11.3 Å². The molecule has 0 radical (unpaired) electrons. The fraction of sp³-hybridized carbons (Fsp3) is 0.333. The quantitative estimate of drug-likeness (QED) is 0.417. The molecule has 0 heterocycles. The number of esters is 1. The Bertz CT molecular complexity index is 851. The predicted molar refractivity (Wildman–Crippen MR) is 106 cm³/mol. The zero-order valence-corrected chi connectivity index (χ0v) is 16.2. The van der Waals surface area contributed by atoms with Gasteiger partial charge >= 0.3 is 5.97 Å². The van der Waals surface area contributed by atoms with Crippen LogP contribution in [0.1, 0.15) is 37.3 Å². The standard InChI is InChI=1S/C21H24N2O5/c1-4-14(2)20(16-8-6-5-7-9-16)21(25)28-13-19(24)22-18-11-10-17(23(26)27)12-15(18)3/h5-12,14,20H,4,13H2,1-3H3,(H,22,24)/t14-,20-/m1/s1. The molecule has 2 rings (SSSR count). The summed E-state index contributed by atoms with van der Waals surface area (Å²) in [6.45, 7) is 5.20. The number of hydrogen-bond acceptors (Lipinski definition) is 5. The largest absolute Gasteiger partial charge is 0.455 e. The minimum Gasteiger partial charge on any atom is -0.455 e. The summed E-state index contributed by atoms with van der Waals surface area (Å²) in [7, 11) is 0. The Morgan fingerprint density at radius 3 is 2.43 bits per heavy atom. The summed E-state index contributed by atoms with van der Waals surface area (Å²) in [4.78, 5) is 35.1. The van der Waals surface area contributed by atoms with Crippen molar-refractivity contribution in [1.29, 1.82) is 0 Å². The Balaban J connectivity index is 2.01. The van der Waals surface area contributed by atoms with Gasteiger partial charge in [-0.2, -0.15) is 0 Å². The number of ether oxygens (including phenoxy) is 1. The summed E-state index contributed by atoms with van der Waals surface area (Å²) in [6, 6.07) is 13.5. The summed E-state index contributed by atoms with van der Waals surface area (Å²) in [5.41, 5.74) is 1.79.